The summed E-state index contributed by atoms with van der Waals surface area (Å²) in [5, 5.41) is 1.15. The van der Waals surface area contributed by atoms with Crippen LogP contribution in [0.2, 0.25) is 0 Å². The van der Waals surface area contributed by atoms with Gasteiger partial charge in [0.2, 0.25) is 0 Å². The molecule has 0 aliphatic heterocycles. The molecule has 0 saturated carbocycles. The lowest BCUT2D eigenvalue weighted by atomic mass is 10.1. The first kappa shape index (κ1) is 13.8. The van der Waals surface area contributed by atoms with Crippen LogP contribution < -0.4 is 0 Å². The summed E-state index contributed by atoms with van der Waals surface area (Å²) in [6, 6.07) is 0. The summed E-state index contributed by atoms with van der Waals surface area (Å²) < 4.78 is 0. The third kappa shape index (κ3) is 11.8. The minimum atomic E-state index is 1.06. The van der Waals surface area contributed by atoms with Crippen LogP contribution in [0.25, 0.3) is 0 Å². The van der Waals surface area contributed by atoms with Crippen LogP contribution in [0.15, 0.2) is 12.2 Å². The Kier molecular flexibility index (Phi) is 12.6. The van der Waals surface area contributed by atoms with Crippen LogP contribution in [-0.2, 0) is 0 Å². The predicted octanol–water partition coefficient (Wildman–Crippen LogP) is 4.69. The largest absolute Gasteiger partial charge is 0.0985 e. The fraction of sp³-hybridized carbons (Fsp3) is 0.692. The van der Waals surface area contributed by atoms with Crippen molar-refractivity contribution in [3.05, 3.63) is 12.2 Å². The van der Waals surface area contributed by atoms with Gasteiger partial charge in [-0.25, -0.2) is 0 Å². The summed E-state index contributed by atoms with van der Waals surface area (Å²) in [5.41, 5.74) is 0. The summed E-state index contributed by atoms with van der Waals surface area (Å²) in [5.74, 6) is 6.15. The number of halogens is 1. The van der Waals surface area contributed by atoms with Gasteiger partial charge >= 0.3 is 0 Å². The van der Waals surface area contributed by atoms with E-state index in [1.54, 1.807) is 0 Å². The minimum absolute atomic E-state index is 1.06. The first-order valence-corrected chi connectivity index (χ1v) is 6.69. The highest BCUT2D eigenvalue weighted by Gasteiger charge is 1.89. The Balaban J connectivity index is 3.03. The summed E-state index contributed by atoms with van der Waals surface area (Å²) in [7, 11) is 0. The summed E-state index contributed by atoms with van der Waals surface area (Å²) in [4.78, 5) is 0. The monoisotopic (exact) mass is 256 g/mol. The van der Waals surface area contributed by atoms with E-state index in [2.05, 4.69) is 27.8 Å². The van der Waals surface area contributed by atoms with Crippen LogP contribution in [0.1, 0.15) is 51.9 Å². The molecule has 0 atom stereocenters. The van der Waals surface area contributed by atoms with Crippen molar-refractivity contribution in [2.45, 2.75) is 51.9 Å². The van der Waals surface area contributed by atoms with E-state index in [0.29, 0.717) is 0 Å². The van der Waals surface area contributed by atoms with E-state index in [0.717, 1.165) is 11.8 Å². The third-order valence-electron chi connectivity index (χ3n) is 2.04. The SMILES string of the molecule is C/C=C\C#CCCCCCCCCBr. The van der Waals surface area contributed by atoms with E-state index in [9.17, 15) is 0 Å². The second-order valence-corrected chi connectivity index (χ2v) is 4.17. The van der Waals surface area contributed by atoms with Crippen molar-refractivity contribution in [2.24, 2.45) is 0 Å². The number of hydrogen-bond acceptors (Lipinski definition) is 0. The molecule has 0 aromatic heterocycles. The Morgan fingerprint density at radius 2 is 1.64 bits per heavy atom. The van der Waals surface area contributed by atoms with E-state index >= 15 is 0 Å². The van der Waals surface area contributed by atoms with E-state index in [4.69, 9.17) is 0 Å². The molecule has 0 heterocycles. The lowest BCUT2D eigenvalue weighted by Gasteiger charge is -1.97. The van der Waals surface area contributed by atoms with Gasteiger partial charge in [0.15, 0.2) is 0 Å². The van der Waals surface area contributed by atoms with Gasteiger partial charge in [0.05, 0.1) is 0 Å². The fourth-order valence-corrected chi connectivity index (χ4v) is 1.63. The Morgan fingerprint density at radius 1 is 1.00 bits per heavy atom. The first-order chi connectivity index (χ1) is 6.91. The van der Waals surface area contributed by atoms with Crippen molar-refractivity contribution in [3.8, 4) is 11.8 Å². The third-order valence-corrected chi connectivity index (χ3v) is 2.60. The van der Waals surface area contributed by atoms with Crippen molar-refractivity contribution in [2.75, 3.05) is 5.33 Å². The topological polar surface area (TPSA) is 0 Å². The Morgan fingerprint density at radius 3 is 2.29 bits per heavy atom. The van der Waals surface area contributed by atoms with Gasteiger partial charge in [0, 0.05) is 11.8 Å². The van der Waals surface area contributed by atoms with Gasteiger partial charge in [-0.05, 0) is 25.8 Å². The van der Waals surface area contributed by atoms with Crippen molar-refractivity contribution in [1.29, 1.82) is 0 Å². The maximum Gasteiger partial charge on any atom is 0.00922 e. The standard InChI is InChI=1S/C13H21Br/c1-2-3-4-5-6-7-8-9-10-11-12-13-14/h2-3H,6-13H2,1H3/b3-2-. The van der Waals surface area contributed by atoms with E-state index in [-0.39, 0.29) is 0 Å². The van der Waals surface area contributed by atoms with Crippen LogP contribution in [0.4, 0.5) is 0 Å². The lowest BCUT2D eigenvalue weighted by Crippen LogP contribution is -1.80. The highest BCUT2D eigenvalue weighted by Crippen LogP contribution is 2.07. The highest BCUT2D eigenvalue weighted by molar-refractivity contribution is 9.09. The zero-order valence-corrected chi connectivity index (χ0v) is 10.8. The first-order valence-electron chi connectivity index (χ1n) is 5.57. The van der Waals surface area contributed by atoms with Crippen LogP contribution >= 0.6 is 15.9 Å². The average Bonchev–Trinajstić information content (AvgIpc) is 2.21. The maximum absolute atomic E-state index is 3.44. The molecule has 0 aromatic carbocycles. The van der Waals surface area contributed by atoms with E-state index in [1.807, 2.05) is 19.1 Å². The molecule has 0 amide bonds. The van der Waals surface area contributed by atoms with Crippen molar-refractivity contribution < 1.29 is 0 Å². The number of allylic oxidation sites excluding steroid dienone is 2. The number of hydrogen-bond donors (Lipinski definition) is 0. The number of unbranched alkanes of at least 4 members (excludes halogenated alkanes) is 6. The number of alkyl halides is 1. The molecule has 0 aliphatic carbocycles. The molecule has 14 heavy (non-hydrogen) atoms. The fourth-order valence-electron chi connectivity index (χ4n) is 1.23. The van der Waals surface area contributed by atoms with Gasteiger partial charge < -0.3 is 0 Å². The van der Waals surface area contributed by atoms with Crippen LogP contribution in [-0.4, -0.2) is 5.33 Å². The van der Waals surface area contributed by atoms with Gasteiger partial charge in [-0.2, -0.15) is 0 Å². The van der Waals surface area contributed by atoms with Gasteiger partial charge in [-0.15, -0.1) is 0 Å². The maximum atomic E-state index is 3.44. The molecule has 0 radical (unpaired) electrons. The normalized spacial score (nSPS) is 10.1. The Labute approximate surface area is 97.3 Å². The van der Waals surface area contributed by atoms with Crippen molar-refractivity contribution in [1.82, 2.24) is 0 Å². The molecule has 0 fully saturated rings. The summed E-state index contributed by atoms with van der Waals surface area (Å²) >= 11 is 3.44. The molecule has 0 bridgehead atoms. The van der Waals surface area contributed by atoms with Gasteiger partial charge in [-0.3, -0.25) is 0 Å². The molecule has 0 aliphatic rings. The molecule has 0 N–H and O–H groups in total. The van der Waals surface area contributed by atoms with Gasteiger partial charge in [-0.1, -0.05) is 59.5 Å². The molecule has 0 aromatic rings. The molecule has 0 saturated heterocycles. The molecule has 0 nitrogen and oxygen atoms in total. The van der Waals surface area contributed by atoms with Crippen LogP contribution in [0.3, 0.4) is 0 Å². The van der Waals surface area contributed by atoms with Crippen LogP contribution in [0, 0.1) is 11.8 Å². The second-order valence-electron chi connectivity index (χ2n) is 3.38. The molecule has 0 unspecified atom stereocenters. The molecule has 0 spiro atoms. The molecule has 1 heteroatoms. The smallest absolute Gasteiger partial charge is 0.00922 e. The summed E-state index contributed by atoms with van der Waals surface area (Å²) in [6.07, 6.45) is 13.0. The van der Waals surface area contributed by atoms with E-state index < -0.39 is 0 Å². The molecular formula is C13H21Br. The number of rotatable bonds is 7. The zero-order valence-electron chi connectivity index (χ0n) is 9.19. The Hall–Kier alpha value is -0.220. The van der Waals surface area contributed by atoms with Gasteiger partial charge in [0.1, 0.15) is 0 Å². The quantitative estimate of drug-likeness (QED) is 0.352. The average molecular weight is 257 g/mol. The molecule has 0 rings (SSSR count). The van der Waals surface area contributed by atoms with Crippen molar-refractivity contribution >= 4 is 15.9 Å². The van der Waals surface area contributed by atoms with Crippen LogP contribution in [0.5, 0.6) is 0 Å². The van der Waals surface area contributed by atoms with Gasteiger partial charge in [0.25, 0.3) is 0 Å². The minimum Gasteiger partial charge on any atom is -0.0985 e. The second kappa shape index (κ2) is 12.8. The predicted molar refractivity (Wildman–Crippen MR) is 68.7 cm³/mol. The van der Waals surface area contributed by atoms with E-state index in [1.165, 1.54) is 38.5 Å². The summed E-state index contributed by atoms with van der Waals surface area (Å²) in [6.45, 7) is 2.00. The molecular weight excluding hydrogens is 236 g/mol. The molecule has 80 valence electrons. The highest BCUT2D eigenvalue weighted by atomic mass is 79.9. The van der Waals surface area contributed by atoms with Crippen molar-refractivity contribution in [3.63, 3.8) is 0 Å². The zero-order chi connectivity index (χ0) is 10.5. The Bertz CT molecular complexity index is 183. The lowest BCUT2D eigenvalue weighted by molar-refractivity contribution is 0.616.